The molecule has 187 valence electrons. The maximum absolute atomic E-state index is 2.55. The van der Waals surface area contributed by atoms with Gasteiger partial charge < -0.3 is 0 Å². The molecule has 5 aromatic rings. The molecule has 1 heteroatoms. The van der Waals surface area contributed by atoms with Gasteiger partial charge in [-0.1, -0.05) is 121 Å². The van der Waals surface area contributed by atoms with Crippen molar-refractivity contribution in [1.82, 2.24) is 0 Å². The molecule has 9 rings (SSSR count). The summed E-state index contributed by atoms with van der Waals surface area (Å²) >= 11 is 0. The standard InChI is InChI=1S/C25H21Si.C13H10/c1-14-10-15-6-4-5-7-18(15)23(14)21-13-20-16-8-9-19-17(11-16)12-22(24(19)21)25(20)26(2)3;1-3-7-12-10(5-1)9-11-6-2-4-8-13(11)12/h4-11,13,23H,12H2,1-3H3;1-8H,9H2. The quantitative estimate of drug-likeness (QED) is 0.202. The third kappa shape index (κ3) is 3.36. The third-order valence-electron chi connectivity index (χ3n) is 9.18. The first-order chi connectivity index (χ1) is 19.1. The molecule has 5 aromatic carbocycles. The molecule has 0 saturated carbocycles. The molecule has 1 unspecified atom stereocenters. The van der Waals surface area contributed by atoms with E-state index in [2.05, 4.69) is 123 Å². The Labute approximate surface area is 233 Å². The third-order valence-corrected chi connectivity index (χ3v) is 10.7. The number of fused-ring (bicyclic) bond motifs is 8. The second-order valence-electron chi connectivity index (χ2n) is 11.7. The molecule has 0 N–H and O–H groups in total. The molecular formula is C38H31Si. The van der Waals surface area contributed by atoms with Crippen LogP contribution in [0.3, 0.4) is 0 Å². The van der Waals surface area contributed by atoms with Crippen LogP contribution in [-0.2, 0) is 12.8 Å². The van der Waals surface area contributed by atoms with Gasteiger partial charge in [-0.3, -0.25) is 0 Å². The fraction of sp³-hybridized carbons (Fsp3) is 0.158. The van der Waals surface area contributed by atoms with E-state index >= 15 is 0 Å². The van der Waals surface area contributed by atoms with Gasteiger partial charge in [-0.05, 0) is 98.2 Å². The minimum absolute atomic E-state index is 0.414. The monoisotopic (exact) mass is 515 g/mol. The normalized spacial score (nSPS) is 16.0. The van der Waals surface area contributed by atoms with Crippen molar-refractivity contribution >= 4 is 20.1 Å². The van der Waals surface area contributed by atoms with Gasteiger partial charge in [0.15, 0.2) is 0 Å². The molecule has 1 atom stereocenters. The minimum Gasteiger partial charge on any atom is -0.0671 e. The number of benzene rings is 5. The summed E-state index contributed by atoms with van der Waals surface area (Å²) in [4.78, 5) is 0. The van der Waals surface area contributed by atoms with Crippen LogP contribution in [0.15, 0.2) is 103 Å². The molecule has 4 aliphatic carbocycles. The maximum Gasteiger partial charge on any atom is 0.0804 e. The van der Waals surface area contributed by atoms with Gasteiger partial charge in [-0.2, -0.15) is 0 Å². The first-order valence-electron chi connectivity index (χ1n) is 14.2. The molecule has 0 saturated heterocycles. The Hall–Kier alpha value is -3.94. The number of hydrogen-bond acceptors (Lipinski definition) is 0. The van der Waals surface area contributed by atoms with E-state index in [1.165, 1.54) is 55.6 Å². The second-order valence-corrected chi connectivity index (χ2v) is 14.2. The van der Waals surface area contributed by atoms with Crippen LogP contribution in [0.4, 0.5) is 0 Å². The summed E-state index contributed by atoms with van der Waals surface area (Å²) in [5.41, 5.74) is 20.8. The van der Waals surface area contributed by atoms with Crippen molar-refractivity contribution < 1.29 is 0 Å². The Balaban J connectivity index is 0.000000151. The van der Waals surface area contributed by atoms with Crippen LogP contribution in [0.25, 0.3) is 39.5 Å². The van der Waals surface area contributed by atoms with Crippen molar-refractivity contribution in [2.24, 2.45) is 0 Å². The Morgan fingerprint density at radius 3 is 2.05 bits per heavy atom. The van der Waals surface area contributed by atoms with Gasteiger partial charge in [0.2, 0.25) is 0 Å². The largest absolute Gasteiger partial charge is 0.0804 e. The zero-order valence-corrected chi connectivity index (χ0v) is 23.8. The molecule has 0 amide bonds. The van der Waals surface area contributed by atoms with Crippen LogP contribution >= 0.6 is 0 Å². The molecule has 0 heterocycles. The predicted molar refractivity (Wildman–Crippen MR) is 167 cm³/mol. The van der Waals surface area contributed by atoms with Crippen LogP contribution in [0, 0.1) is 0 Å². The first kappa shape index (κ1) is 23.0. The summed E-state index contributed by atoms with van der Waals surface area (Å²) in [6.45, 7) is 7.21. The van der Waals surface area contributed by atoms with E-state index < -0.39 is 8.80 Å². The van der Waals surface area contributed by atoms with Gasteiger partial charge in [0.25, 0.3) is 0 Å². The zero-order valence-electron chi connectivity index (χ0n) is 22.8. The summed E-state index contributed by atoms with van der Waals surface area (Å²) in [5.74, 6) is 0.414. The fourth-order valence-electron chi connectivity index (χ4n) is 7.60. The van der Waals surface area contributed by atoms with E-state index in [0.717, 1.165) is 12.8 Å². The van der Waals surface area contributed by atoms with Crippen molar-refractivity contribution in [2.75, 3.05) is 0 Å². The molecule has 0 spiro atoms. The molecule has 4 aliphatic rings. The average Bonchev–Trinajstić information content (AvgIpc) is 3.59. The van der Waals surface area contributed by atoms with E-state index in [-0.39, 0.29) is 0 Å². The number of allylic oxidation sites excluding steroid dienone is 1. The Morgan fingerprint density at radius 1 is 0.615 bits per heavy atom. The fourth-order valence-corrected chi connectivity index (χ4v) is 9.17. The van der Waals surface area contributed by atoms with Crippen LogP contribution in [0.5, 0.6) is 0 Å². The number of hydrogen-bond donors (Lipinski definition) is 0. The van der Waals surface area contributed by atoms with Crippen LogP contribution in [0.1, 0.15) is 51.8 Å². The highest BCUT2D eigenvalue weighted by molar-refractivity contribution is 6.73. The van der Waals surface area contributed by atoms with Crippen molar-refractivity contribution in [3.63, 3.8) is 0 Å². The predicted octanol–water partition coefficient (Wildman–Crippen LogP) is 9.01. The van der Waals surface area contributed by atoms with Crippen molar-refractivity contribution in [1.29, 1.82) is 0 Å². The summed E-state index contributed by atoms with van der Waals surface area (Å²) in [6.07, 6.45) is 4.63. The Kier molecular flexibility index (Phi) is 5.03. The lowest BCUT2D eigenvalue weighted by molar-refractivity contribution is 0.979. The zero-order chi connectivity index (χ0) is 26.2. The van der Waals surface area contributed by atoms with Crippen molar-refractivity contribution in [3.8, 4) is 33.4 Å². The lowest BCUT2D eigenvalue weighted by Crippen LogP contribution is -2.29. The SMILES string of the molecule is CC1=Cc2ccccc2C1c1cc2c([Si](C)C)c3c1-c1ccc-2cc1C3.c1ccc2c(c1)Cc1ccccc1-2. The molecule has 1 radical (unpaired) electrons. The highest BCUT2D eigenvalue weighted by Crippen LogP contribution is 2.51. The Bertz CT molecular complexity index is 1810. The Morgan fingerprint density at radius 2 is 1.31 bits per heavy atom. The van der Waals surface area contributed by atoms with Crippen LogP contribution in [0.2, 0.25) is 13.1 Å². The van der Waals surface area contributed by atoms with Gasteiger partial charge in [0.05, 0.1) is 8.80 Å². The first-order valence-corrected chi connectivity index (χ1v) is 16.7. The van der Waals surface area contributed by atoms with E-state index in [4.69, 9.17) is 0 Å². The van der Waals surface area contributed by atoms with Crippen LogP contribution < -0.4 is 5.19 Å². The van der Waals surface area contributed by atoms with Gasteiger partial charge >= 0.3 is 0 Å². The van der Waals surface area contributed by atoms with E-state index in [1.54, 1.807) is 27.4 Å². The summed E-state index contributed by atoms with van der Waals surface area (Å²) in [5, 5.41) is 1.68. The molecule has 0 nitrogen and oxygen atoms in total. The van der Waals surface area contributed by atoms with Gasteiger partial charge in [-0.15, -0.1) is 0 Å². The smallest absolute Gasteiger partial charge is 0.0671 e. The van der Waals surface area contributed by atoms with Gasteiger partial charge in [-0.25, -0.2) is 0 Å². The summed E-state index contributed by atoms with van der Waals surface area (Å²) in [6, 6.07) is 36.0. The highest BCUT2D eigenvalue weighted by atomic mass is 28.3. The van der Waals surface area contributed by atoms with E-state index in [1.807, 2.05) is 0 Å². The topological polar surface area (TPSA) is 0 Å². The second kappa shape index (κ2) is 8.53. The lowest BCUT2D eigenvalue weighted by Gasteiger charge is -2.26. The molecule has 0 fully saturated rings. The summed E-state index contributed by atoms with van der Waals surface area (Å²) in [7, 11) is -0.502. The lowest BCUT2D eigenvalue weighted by atomic mass is 9.80. The van der Waals surface area contributed by atoms with Crippen molar-refractivity contribution in [2.45, 2.75) is 38.8 Å². The van der Waals surface area contributed by atoms with E-state index in [0.29, 0.717) is 5.92 Å². The van der Waals surface area contributed by atoms with Gasteiger partial charge in [0.1, 0.15) is 0 Å². The maximum atomic E-state index is 2.55. The van der Waals surface area contributed by atoms with Gasteiger partial charge in [0, 0.05) is 5.92 Å². The molecule has 0 aliphatic heterocycles. The molecule has 39 heavy (non-hydrogen) atoms. The van der Waals surface area contributed by atoms with E-state index in [9.17, 15) is 0 Å². The highest BCUT2D eigenvalue weighted by Gasteiger charge is 2.35. The summed E-state index contributed by atoms with van der Waals surface area (Å²) < 4.78 is 0. The average molecular weight is 516 g/mol. The molecule has 0 aromatic heterocycles. The van der Waals surface area contributed by atoms with Crippen molar-refractivity contribution in [3.05, 3.63) is 142 Å². The van der Waals surface area contributed by atoms with Crippen LogP contribution in [-0.4, -0.2) is 8.80 Å². The number of rotatable bonds is 2. The minimum atomic E-state index is -0.502. The molecule has 4 bridgehead atoms. The molecular weight excluding hydrogens is 485 g/mol.